The number of aromatic nitrogens is 2. The van der Waals surface area contributed by atoms with E-state index >= 15 is 0 Å². The number of ether oxygens (including phenoxy) is 1. The van der Waals surface area contributed by atoms with Crippen LogP contribution < -0.4 is 15.4 Å². The van der Waals surface area contributed by atoms with Gasteiger partial charge in [-0.25, -0.2) is 4.68 Å². The van der Waals surface area contributed by atoms with Gasteiger partial charge in [0.25, 0.3) is 11.8 Å². The number of amides is 2. The number of nitrogens with zero attached hydrogens (tertiary/aromatic N) is 2. The van der Waals surface area contributed by atoms with Crippen molar-refractivity contribution in [2.24, 2.45) is 0 Å². The van der Waals surface area contributed by atoms with Gasteiger partial charge in [-0.2, -0.15) is 18.3 Å². The summed E-state index contributed by atoms with van der Waals surface area (Å²) >= 11 is 6.20. The zero-order valence-corrected chi connectivity index (χ0v) is 18.0. The summed E-state index contributed by atoms with van der Waals surface area (Å²) in [7, 11) is 1.31. The second-order valence-electron chi connectivity index (χ2n) is 7.44. The summed E-state index contributed by atoms with van der Waals surface area (Å²) in [5.74, 6) is -0.887. The molecule has 0 radical (unpaired) electrons. The van der Waals surface area contributed by atoms with Crippen LogP contribution in [0.3, 0.4) is 0 Å². The molecule has 0 spiro atoms. The van der Waals surface area contributed by atoms with Gasteiger partial charge in [-0.1, -0.05) is 17.7 Å². The molecule has 11 heteroatoms. The predicted molar refractivity (Wildman–Crippen MR) is 115 cm³/mol. The normalized spacial score (nSPS) is 13.5. The number of methoxy groups -OCH3 is 1. The zero-order valence-electron chi connectivity index (χ0n) is 17.2. The van der Waals surface area contributed by atoms with Crippen LogP contribution >= 0.6 is 11.6 Å². The van der Waals surface area contributed by atoms with E-state index in [1.165, 1.54) is 43.6 Å². The lowest BCUT2D eigenvalue weighted by Crippen LogP contribution is -2.25. The third kappa shape index (κ3) is 5.11. The number of halogens is 4. The molecule has 1 aromatic heterocycles. The lowest BCUT2D eigenvalue weighted by Gasteiger charge is -2.09. The number of carbonyl (C=O) groups is 2. The minimum Gasteiger partial charge on any atom is -0.493 e. The van der Waals surface area contributed by atoms with Gasteiger partial charge in [0.05, 0.1) is 35.1 Å². The van der Waals surface area contributed by atoms with Gasteiger partial charge in [0.2, 0.25) is 0 Å². The third-order valence-electron chi connectivity index (χ3n) is 4.94. The first-order valence-electron chi connectivity index (χ1n) is 9.89. The Hall–Kier alpha value is -3.53. The van der Waals surface area contributed by atoms with Crippen molar-refractivity contribution in [3.63, 3.8) is 0 Å². The average Bonchev–Trinajstić information content (AvgIpc) is 3.47. The van der Waals surface area contributed by atoms with Gasteiger partial charge in [-0.15, -0.1) is 0 Å². The summed E-state index contributed by atoms with van der Waals surface area (Å²) in [6.07, 6.45) is -1.34. The summed E-state index contributed by atoms with van der Waals surface area (Å²) in [5.41, 5.74) is -0.282. The van der Waals surface area contributed by atoms with Crippen LogP contribution in [-0.4, -0.2) is 34.7 Å². The summed E-state index contributed by atoms with van der Waals surface area (Å²) in [6, 6.07) is 9.14. The van der Waals surface area contributed by atoms with Crippen molar-refractivity contribution < 1.29 is 27.5 Å². The van der Waals surface area contributed by atoms with Crippen molar-refractivity contribution in [1.29, 1.82) is 0 Å². The Labute approximate surface area is 191 Å². The first-order valence-corrected chi connectivity index (χ1v) is 10.3. The molecule has 1 aliphatic rings. The highest BCUT2D eigenvalue weighted by atomic mass is 35.5. The molecular weight excluding hydrogens is 461 g/mol. The Balaban J connectivity index is 1.55. The Kier molecular flexibility index (Phi) is 6.03. The van der Waals surface area contributed by atoms with Gasteiger partial charge in [-0.05, 0) is 49.2 Å². The van der Waals surface area contributed by atoms with Crippen LogP contribution in [0.5, 0.6) is 5.75 Å². The molecular formula is C22H18ClF3N4O3. The number of alkyl halides is 3. The van der Waals surface area contributed by atoms with Crippen LogP contribution in [-0.2, 0) is 6.18 Å². The first kappa shape index (κ1) is 22.7. The maximum atomic E-state index is 13.0. The Morgan fingerprint density at radius 3 is 2.55 bits per heavy atom. The predicted octanol–water partition coefficient (Wildman–Crippen LogP) is 4.70. The maximum absolute atomic E-state index is 13.0. The van der Waals surface area contributed by atoms with E-state index in [0.29, 0.717) is 5.69 Å². The summed E-state index contributed by atoms with van der Waals surface area (Å²) in [5, 5.41) is 9.69. The number of benzene rings is 2. The standard InChI is InChI=1S/C22H18ClF3N4O3/c1-33-18-11-30(15-4-2-3-12(9-15)22(24,25)26)29-19(18)21(32)28-14-7-8-16(17(23)10-14)20(31)27-13-5-6-13/h2-4,7-11,13H,5-6H2,1H3,(H,27,31)(H,28,32). The molecule has 2 amide bonds. The smallest absolute Gasteiger partial charge is 0.416 e. The third-order valence-corrected chi connectivity index (χ3v) is 5.25. The molecule has 33 heavy (non-hydrogen) atoms. The van der Waals surface area contributed by atoms with Crippen molar-refractivity contribution in [3.8, 4) is 11.4 Å². The highest BCUT2D eigenvalue weighted by molar-refractivity contribution is 6.34. The van der Waals surface area contributed by atoms with E-state index in [2.05, 4.69) is 15.7 Å². The van der Waals surface area contributed by atoms with Crippen molar-refractivity contribution in [3.05, 3.63) is 70.5 Å². The van der Waals surface area contributed by atoms with Crippen molar-refractivity contribution in [1.82, 2.24) is 15.1 Å². The lowest BCUT2D eigenvalue weighted by atomic mass is 10.2. The molecule has 1 aliphatic carbocycles. The molecule has 1 heterocycles. The highest BCUT2D eigenvalue weighted by Crippen LogP contribution is 2.31. The fourth-order valence-corrected chi connectivity index (χ4v) is 3.35. The molecule has 2 N–H and O–H groups in total. The molecule has 1 saturated carbocycles. The van der Waals surface area contributed by atoms with Crippen molar-refractivity contribution in [2.75, 3.05) is 12.4 Å². The average molecular weight is 479 g/mol. The zero-order chi connectivity index (χ0) is 23.8. The monoisotopic (exact) mass is 478 g/mol. The van der Waals surface area contributed by atoms with Crippen LogP contribution in [0.4, 0.5) is 18.9 Å². The van der Waals surface area contributed by atoms with E-state index in [9.17, 15) is 22.8 Å². The number of anilines is 1. The quantitative estimate of drug-likeness (QED) is 0.538. The summed E-state index contributed by atoms with van der Waals surface area (Å²) < 4.78 is 45.4. The molecule has 2 aromatic carbocycles. The van der Waals surface area contributed by atoms with Gasteiger partial charge in [0, 0.05) is 11.7 Å². The maximum Gasteiger partial charge on any atom is 0.416 e. The van der Waals surface area contributed by atoms with Crippen LogP contribution in [0.1, 0.15) is 39.3 Å². The van der Waals surface area contributed by atoms with E-state index in [-0.39, 0.29) is 39.7 Å². The number of carbonyl (C=O) groups excluding carboxylic acids is 2. The van der Waals surface area contributed by atoms with E-state index < -0.39 is 17.6 Å². The molecule has 0 unspecified atom stereocenters. The topological polar surface area (TPSA) is 85.2 Å². The molecule has 0 bridgehead atoms. The minimum atomic E-state index is -4.52. The lowest BCUT2D eigenvalue weighted by molar-refractivity contribution is -0.137. The SMILES string of the molecule is COc1cn(-c2cccc(C(F)(F)F)c2)nc1C(=O)Nc1ccc(C(=O)NC2CC2)c(Cl)c1. The fraction of sp³-hybridized carbons (Fsp3) is 0.227. The molecule has 4 rings (SSSR count). The number of hydrogen-bond acceptors (Lipinski definition) is 4. The first-order chi connectivity index (χ1) is 15.7. The van der Waals surface area contributed by atoms with Crippen LogP contribution in [0, 0.1) is 0 Å². The molecule has 0 atom stereocenters. The van der Waals surface area contributed by atoms with E-state index in [1.54, 1.807) is 0 Å². The molecule has 7 nitrogen and oxygen atoms in total. The summed E-state index contributed by atoms with van der Waals surface area (Å²) in [6.45, 7) is 0. The van der Waals surface area contributed by atoms with E-state index in [1.807, 2.05) is 0 Å². The van der Waals surface area contributed by atoms with Crippen LogP contribution in [0.2, 0.25) is 5.02 Å². The second-order valence-corrected chi connectivity index (χ2v) is 7.84. The Morgan fingerprint density at radius 1 is 1.15 bits per heavy atom. The minimum absolute atomic E-state index is 0.0661. The molecule has 172 valence electrons. The number of nitrogens with one attached hydrogen (secondary N) is 2. The Morgan fingerprint density at radius 2 is 1.91 bits per heavy atom. The molecule has 3 aromatic rings. The Bertz CT molecular complexity index is 1220. The van der Waals surface area contributed by atoms with Gasteiger partial charge < -0.3 is 15.4 Å². The van der Waals surface area contributed by atoms with Gasteiger partial charge in [0.1, 0.15) is 0 Å². The van der Waals surface area contributed by atoms with Crippen LogP contribution in [0.15, 0.2) is 48.7 Å². The fourth-order valence-electron chi connectivity index (χ4n) is 3.08. The van der Waals surface area contributed by atoms with Crippen molar-refractivity contribution in [2.45, 2.75) is 25.1 Å². The second kappa shape index (κ2) is 8.78. The molecule has 1 fully saturated rings. The van der Waals surface area contributed by atoms with Gasteiger partial charge in [-0.3, -0.25) is 9.59 Å². The number of rotatable bonds is 6. The molecule has 0 saturated heterocycles. The highest BCUT2D eigenvalue weighted by Gasteiger charge is 2.31. The number of hydrogen-bond donors (Lipinski definition) is 2. The van der Waals surface area contributed by atoms with Gasteiger partial charge >= 0.3 is 6.18 Å². The summed E-state index contributed by atoms with van der Waals surface area (Å²) in [4.78, 5) is 25.0. The van der Waals surface area contributed by atoms with E-state index in [0.717, 1.165) is 29.7 Å². The van der Waals surface area contributed by atoms with E-state index in [4.69, 9.17) is 16.3 Å². The molecule has 0 aliphatic heterocycles. The largest absolute Gasteiger partial charge is 0.493 e. The van der Waals surface area contributed by atoms with Crippen LogP contribution in [0.25, 0.3) is 5.69 Å². The van der Waals surface area contributed by atoms with Crippen molar-refractivity contribution >= 4 is 29.1 Å². The van der Waals surface area contributed by atoms with Gasteiger partial charge in [0.15, 0.2) is 11.4 Å².